The monoisotopic (exact) mass is 219 g/mol. The Bertz CT molecular complexity index is 356. The highest BCUT2D eigenvalue weighted by Gasteiger charge is 2.22. The van der Waals surface area contributed by atoms with Crippen molar-refractivity contribution in [2.75, 3.05) is 13.7 Å². The van der Waals surface area contributed by atoms with Crippen LogP contribution < -0.4 is 10.1 Å². The molecule has 1 aromatic rings. The van der Waals surface area contributed by atoms with E-state index in [9.17, 15) is 0 Å². The third kappa shape index (κ3) is 2.76. The van der Waals surface area contributed by atoms with E-state index in [1.807, 2.05) is 13.1 Å². The first-order valence-electron chi connectivity index (χ1n) is 6.04. The molecule has 0 unspecified atom stereocenters. The lowest BCUT2D eigenvalue weighted by atomic mass is 9.94. The Kier molecular flexibility index (Phi) is 3.20. The number of ether oxygens (including phenoxy) is 1. The molecule has 1 N–H and O–H groups in total. The second kappa shape index (κ2) is 4.46. The lowest BCUT2D eigenvalue weighted by Gasteiger charge is -2.25. The van der Waals surface area contributed by atoms with E-state index in [4.69, 9.17) is 4.74 Å². The Morgan fingerprint density at radius 2 is 2.12 bits per heavy atom. The fourth-order valence-corrected chi connectivity index (χ4v) is 1.62. The van der Waals surface area contributed by atoms with Crippen molar-refractivity contribution in [1.82, 2.24) is 5.32 Å². The first-order valence-corrected chi connectivity index (χ1v) is 6.04. The molecule has 0 saturated heterocycles. The van der Waals surface area contributed by atoms with Crippen LogP contribution in [0.15, 0.2) is 24.3 Å². The molecule has 1 saturated carbocycles. The predicted octanol–water partition coefficient (Wildman–Crippen LogP) is 2.93. The lowest BCUT2D eigenvalue weighted by molar-refractivity contribution is 0.298. The van der Waals surface area contributed by atoms with Crippen molar-refractivity contribution in [1.29, 1.82) is 0 Å². The fraction of sp³-hybridized carbons (Fsp3) is 0.571. The minimum absolute atomic E-state index is 0.00104. The summed E-state index contributed by atoms with van der Waals surface area (Å²) in [5.74, 6) is 1.80. The molecule has 16 heavy (non-hydrogen) atoms. The summed E-state index contributed by atoms with van der Waals surface area (Å²) in [6, 6.07) is 8.38. The second-order valence-corrected chi connectivity index (χ2v) is 5.16. The highest BCUT2D eigenvalue weighted by Crippen LogP contribution is 2.30. The van der Waals surface area contributed by atoms with E-state index < -0.39 is 0 Å². The van der Waals surface area contributed by atoms with Gasteiger partial charge < -0.3 is 10.1 Å². The van der Waals surface area contributed by atoms with E-state index >= 15 is 0 Å². The average Bonchev–Trinajstić information content (AvgIpc) is 3.11. The van der Waals surface area contributed by atoms with Crippen LogP contribution in [0.25, 0.3) is 0 Å². The number of rotatable bonds is 5. The molecule has 0 spiro atoms. The van der Waals surface area contributed by atoms with Crippen LogP contribution >= 0.6 is 0 Å². The van der Waals surface area contributed by atoms with Gasteiger partial charge in [-0.15, -0.1) is 0 Å². The molecule has 0 heterocycles. The molecular weight excluding hydrogens is 198 g/mol. The summed E-state index contributed by atoms with van der Waals surface area (Å²) in [7, 11) is 1.98. The maximum atomic E-state index is 5.78. The number of benzene rings is 1. The minimum atomic E-state index is -0.00104. The summed E-state index contributed by atoms with van der Waals surface area (Å²) in [4.78, 5) is 0. The summed E-state index contributed by atoms with van der Waals surface area (Å²) < 4.78 is 5.78. The molecule has 0 amide bonds. The largest absolute Gasteiger partial charge is 0.493 e. The van der Waals surface area contributed by atoms with Crippen molar-refractivity contribution in [2.45, 2.75) is 32.2 Å². The lowest BCUT2D eigenvalue weighted by Crippen LogP contribution is -2.33. The maximum Gasteiger partial charge on any atom is 0.119 e. The summed E-state index contributed by atoms with van der Waals surface area (Å²) in [6.45, 7) is 5.23. The van der Waals surface area contributed by atoms with Gasteiger partial charge in [0, 0.05) is 5.54 Å². The zero-order valence-corrected chi connectivity index (χ0v) is 10.4. The zero-order valence-electron chi connectivity index (χ0n) is 10.4. The summed E-state index contributed by atoms with van der Waals surface area (Å²) >= 11 is 0. The number of hydrogen-bond donors (Lipinski definition) is 1. The van der Waals surface area contributed by atoms with Crippen LogP contribution in [0, 0.1) is 5.92 Å². The van der Waals surface area contributed by atoms with Gasteiger partial charge in [-0.3, -0.25) is 0 Å². The van der Waals surface area contributed by atoms with Gasteiger partial charge >= 0.3 is 0 Å². The van der Waals surface area contributed by atoms with Crippen molar-refractivity contribution in [2.24, 2.45) is 5.92 Å². The summed E-state index contributed by atoms with van der Waals surface area (Å²) in [5.41, 5.74) is 1.27. The summed E-state index contributed by atoms with van der Waals surface area (Å²) in [6.07, 6.45) is 2.67. The smallest absolute Gasteiger partial charge is 0.119 e. The van der Waals surface area contributed by atoms with E-state index in [0.29, 0.717) is 0 Å². The normalized spacial score (nSPS) is 16.2. The Hall–Kier alpha value is -1.02. The van der Waals surface area contributed by atoms with Gasteiger partial charge in [-0.05, 0) is 57.4 Å². The topological polar surface area (TPSA) is 21.3 Å². The van der Waals surface area contributed by atoms with Gasteiger partial charge in [0.15, 0.2) is 0 Å². The van der Waals surface area contributed by atoms with Gasteiger partial charge in [0.1, 0.15) is 5.75 Å². The molecule has 0 aromatic heterocycles. The van der Waals surface area contributed by atoms with Gasteiger partial charge in [0.05, 0.1) is 6.61 Å². The molecule has 1 aliphatic rings. The first-order chi connectivity index (χ1) is 7.62. The Morgan fingerprint density at radius 1 is 1.38 bits per heavy atom. The molecule has 0 radical (unpaired) electrons. The number of hydrogen-bond acceptors (Lipinski definition) is 2. The van der Waals surface area contributed by atoms with Crippen LogP contribution in [0.1, 0.15) is 32.3 Å². The first kappa shape index (κ1) is 11.5. The molecule has 1 aliphatic carbocycles. The third-order valence-corrected chi connectivity index (χ3v) is 3.36. The van der Waals surface area contributed by atoms with Crippen molar-refractivity contribution in [3.63, 3.8) is 0 Å². The van der Waals surface area contributed by atoms with E-state index in [2.05, 4.69) is 37.4 Å². The van der Waals surface area contributed by atoms with Crippen LogP contribution in [0.5, 0.6) is 5.75 Å². The van der Waals surface area contributed by atoms with Gasteiger partial charge in [-0.2, -0.15) is 0 Å². The van der Waals surface area contributed by atoms with E-state index in [-0.39, 0.29) is 5.54 Å². The molecule has 88 valence electrons. The van der Waals surface area contributed by atoms with Crippen molar-refractivity contribution in [3.05, 3.63) is 29.8 Å². The highest BCUT2D eigenvalue weighted by atomic mass is 16.5. The number of nitrogens with one attached hydrogen (secondary N) is 1. The quantitative estimate of drug-likeness (QED) is 0.822. The van der Waals surface area contributed by atoms with E-state index in [1.54, 1.807) is 0 Å². The molecule has 2 rings (SSSR count). The standard InChI is InChI=1S/C14H21NO/c1-14(2,15-3)12-5-4-6-13(9-12)16-10-11-7-8-11/h4-6,9,11,15H,7-8,10H2,1-3H3. The molecular formula is C14H21NO. The van der Waals surface area contributed by atoms with E-state index in [1.165, 1.54) is 18.4 Å². The van der Waals surface area contributed by atoms with Crippen LogP contribution in [0.2, 0.25) is 0 Å². The molecule has 0 atom stereocenters. The van der Waals surface area contributed by atoms with Crippen LogP contribution in [-0.4, -0.2) is 13.7 Å². The van der Waals surface area contributed by atoms with Crippen LogP contribution in [-0.2, 0) is 5.54 Å². The van der Waals surface area contributed by atoms with Crippen molar-refractivity contribution >= 4 is 0 Å². The van der Waals surface area contributed by atoms with Crippen molar-refractivity contribution in [3.8, 4) is 5.75 Å². The van der Waals surface area contributed by atoms with Gasteiger partial charge in [0.25, 0.3) is 0 Å². The SMILES string of the molecule is CNC(C)(C)c1cccc(OCC2CC2)c1. The van der Waals surface area contributed by atoms with Gasteiger partial charge in [0.2, 0.25) is 0 Å². The molecule has 1 fully saturated rings. The second-order valence-electron chi connectivity index (χ2n) is 5.16. The van der Waals surface area contributed by atoms with Crippen molar-refractivity contribution < 1.29 is 4.74 Å². The zero-order chi connectivity index (χ0) is 11.6. The molecule has 0 aliphatic heterocycles. The Labute approximate surface area is 98.0 Å². The average molecular weight is 219 g/mol. The minimum Gasteiger partial charge on any atom is -0.493 e. The Balaban J connectivity index is 2.05. The van der Waals surface area contributed by atoms with Crippen LogP contribution in [0.4, 0.5) is 0 Å². The van der Waals surface area contributed by atoms with E-state index in [0.717, 1.165) is 18.3 Å². The van der Waals surface area contributed by atoms with Gasteiger partial charge in [-0.1, -0.05) is 12.1 Å². The third-order valence-electron chi connectivity index (χ3n) is 3.36. The highest BCUT2D eigenvalue weighted by molar-refractivity contribution is 5.32. The predicted molar refractivity (Wildman–Crippen MR) is 66.7 cm³/mol. The van der Waals surface area contributed by atoms with Gasteiger partial charge in [-0.25, -0.2) is 0 Å². The molecule has 1 aromatic carbocycles. The maximum absolute atomic E-state index is 5.78. The molecule has 0 bridgehead atoms. The Morgan fingerprint density at radius 3 is 2.75 bits per heavy atom. The summed E-state index contributed by atoms with van der Waals surface area (Å²) in [5, 5.41) is 3.31. The fourth-order valence-electron chi connectivity index (χ4n) is 1.62. The molecule has 2 heteroatoms. The molecule has 2 nitrogen and oxygen atoms in total. The van der Waals surface area contributed by atoms with Crippen LogP contribution in [0.3, 0.4) is 0 Å².